The van der Waals surface area contributed by atoms with E-state index in [-0.39, 0.29) is 0 Å². The van der Waals surface area contributed by atoms with Crippen LogP contribution < -0.4 is 4.74 Å². The summed E-state index contributed by atoms with van der Waals surface area (Å²) in [6.45, 7) is 4.63. The average molecular weight is 337 g/mol. The molecule has 0 bridgehead atoms. The molecular formula is C14H13BrN2OS. The Kier molecular flexibility index (Phi) is 3.33. The number of aryl methyl sites for hydroxylation is 2. The van der Waals surface area contributed by atoms with Gasteiger partial charge in [0.2, 0.25) is 0 Å². The van der Waals surface area contributed by atoms with Gasteiger partial charge >= 0.3 is 0 Å². The third kappa shape index (κ3) is 2.53. The zero-order valence-corrected chi connectivity index (χ0v) is 13.1. The quantitative estimate of drug-likeness (QED) is 0.710. The number of nitrogens with zero attached hydrogens (tertiary/aromatic N) is 2. The fourth-order valence-corrected chi connectivity index (χ4v) is 2.94. The zero-order chi connectivity index (χ0) is 13.4. The Morgan fingerprint density at radius 3 is 2.74 bits per heavy atom. The van der Waals surface area contributed by atoms with Crippen molar-refractivity contribution in [1.29, 1.82) is 0 Å². The van der Waals surface area contributed by atoms with E-state index in [4.69, 9.17) is 4.74 Å². The van der Waals surface area contributed by atoms with Crippen molar-refractivity contribution in [3.63, 3.8) is 0 Å². The molecule has 0 saturated carbocycles. The van der Waals surface area contributed by atoms with Crippen molar-refractivity contribution >= 4 is 32.2 Å². The molecular weight excluding hydrogens is 324 g/mol. The van der Waals surface area contributed by atoms with Crippen molar-refractivity contribution in [2.24, 2.45) is 0 Å². The topological polar surface area (TPSA) is 26.5 Å². The number of ether oxygens (including phenoxy) is 1. The van der Waals surface area contributed by atoms with E-state index in [2.05, 4.69) is 34.8 Å². The van der Waals surface area contributed by atoms with E-state index in [9.17, 15) is 0 Å². The molecule has 3 aromatic rings. The molecule has 3 rings (SSSR count). The molecule has 0 N–H and O–H groups in total. The van der Waals surface area contributed by atoms with Gasteiger partial charge < -0.3 is 4.74 Å². The summed E-state index contributed by atoms with van der Waals surface area (Å²) >= 11 is 5.18. The minimum absolute atomic E-state index is 0.495. The molecule has 1 aromatic carbocycles. The van der Waals surface area contributed by atoms with Gasteiger partial charge in [-0.1, -0.05) is 15.9 Å². The van der Waals surface area contributed by atoms with Crippen molar-refractivity contribution in [3.05, 3.63) is 51.2 Å². The lowest BCUT2D eigenvalue weighted by Crippen LogP contribution is -1.97. The molecule has 0 aliphatic rings. The van der Waals surface area contributed by atoms with Crippen molar-refractivity contribution in [2.75, 3.05) is 0 Å². The molecule has 0 unspecified atom stereocenters. The Labute approximate surface area is 124 Å². The van der Waals surface area contributed by atoms with Crippen molar-refractivity contribution in [1.82, 2.24) is 9.38 Å². The highest BCUT2D eigenvalue weighted by Crippen LogP contribution is 2.26. The number of rotatable bonds is 3. The fraction of sp³-hybridized carbons (Fsp3) is 0.214. The molecule has 3 nitrogen and oxygen atoms in total. The first-order valence-electron chi connectivity index (χ1n) is 5.94. The summed E-state index contributed by atoms with van der Waals surface area (Å²) in [6, 6.07) is 4.07. The number of fused-ring (bicyclic) bond motifs is 1. The first-order chi connectivity index (χ1) is 9.13. The van der Waals surface area contributed by atoms with Gasteiger partial charge in [-0.05, 0) is 37.1 Å². The maximum atomic E-state index is 5.82. The number of aromatic nitrogens is 2. The summed E-state index contributed by atoms with van der Waals surface area (Å²) in [7, 11) is 0. The second-order valence-corrected chi connectivity index (χ2v) is 6.15. The van der Waals surface area contributed by atoms with Gasteiger partial charge in [-0.2, -0.15) is 0 Å². The second-order valence-electron chi connectivity index (χ2n) is 4.48. The van der Waals surface area contributed by atoms with Crippen LogP contribution in [0, 0.1) is 13.8 Å². The lowest BCUT2D eigenvalue weighted by atomic mass is 10.1. The predicted molar refractivity (Wildman–Crippen MR) is 81.0 cm³/mol. The first kappa shape index (κ1) is 12.7. The second kappa shape index (κ2) is 4.98. The molecule has 0 atom stereocenters. The van der Waals surface area contributed by atoms with Crippen molar-refractivity contribution < 1.29 is 4.74 Å². The van der Waals surface area contributed by atoms with Gasteiger partial charge in [-0.3, -0.25) is 4.40 Å². The van der Waals surface area contributed by atoms with E-state index in [1.807, 2.05) is 34.3 Å². The number of hydrogen-bond donors (Lipinski definition) is 0. The van der Waals surface area contributed by atoms with Gasteiger partial charge in [0.15, 0.2) is 4.96 Å². The van der Waals surface area contributed by atoms with E-state index in [1.165, 1.54) is 11.1 Å². The van der Waals surface area contributed by atoms with Crippen LogP contribution in [-0.2, 0) is 6.61 Å². The van der Waals surface area contributed by atoms with E-state index < -0.39 is 0 Å². The van der Waals surface area contributed by atoms with Crippen LogP contribution in [0.3, 0.4) is 0 Å². The van der Waals surface area contributed by atoms with Crippen LogP contribution in [0.15, 0.2) is 34.4 Å². The van der Waals surface area contributed by atoms with Gasteiger partial charge in [0.25, 0.3) is 0 Å². The normalized spacial score (nSPS) is 11.1. The largest absolute Gasteiger partial charge is 0.487 e. The molecule has 0 radical (unpaired) electrons. The fourth-order valence-electron chi connectivity index (χ4n) is 1.99. The van der Waals surface area contributed by atoms with E-state index in [1.54, 1.807) is 11.3 Å². The van der Waals surface area contributed by atoms with Crippen LogP contribution in [0.2, 0.25) is 0 Å². The Bertz CT molecular complexity index is 680. The van der Waals surface area contributed by atoms with Gasteiger partial charge in [-0.15, -0.1) is 11.3 Å². The molecule has 0 aliphatic carbocycles. The number of halogens is 1. The highest BCUT2D eigenvalue weighted by atomic mass is 79.9. The zero-order valence-electron chi connectivity index (χ0n) is 10.7. The maximum Gasteiger partial charge on any atom is 0.193 e. The minimum atomic E-state index is 0.495. The smallest absolute Gasteiger partial charge is 0.193 e. The molecule has 0 amide bonds. The third-order valence-corrected chi connectivity index (χ3v) is 4.96. The molecule has 0 spiro atoms. The molecule has 0 fully saturated rings. The minimum Gasteiger partial charge on any atom is -0.487 e. The van der Waals surface area contributed by atoms with E-state index in [0.717, 1.165) is 20.9 Å². The van der Waals surface area contributed by atoms with Gasteiger partial charge in [0.05, 0.1) is 5.69 Å². The Morgan fingerprint density at radius 2 is 2.05 bits per heavy atom. The van der Waals surface area contributed by atoms with Crippen LogP contribution in [-0.4, -0.2) is 9.38 Å². The number of thiazole rings is 1. The van der Waals surface area contributed by atoms with Crippen LogP contribution in [0.5, 0.6) is 5.75 Å². The molecule has 98 valence electrons. The number of imidazole rings is 1. The molecule has 2 heterocycles. The predicted octanol–water partition coefficient (Wildman–Crippen LogP) is 4.35. The Balaban J connectivity index is 1.77. The number of benzene rings is 1. The molecule has 19 heavy (non-hydrogen) atoms. The standard InChI is InChI=1S/C14H13BrN2OS/c1-9-5-12(6-10(2)13(9)15)18-8-11-7-17-3-4-19-14(17)16-11/h3-7H,8H2,1-2H3. The number of hydrogen-bond acceptors (Lipinski definition) is 3. The van der Waals surface area contributed by atoms with Crippen molar-refractivity contribution in [2.45, 2.75) is 20.5 Å². The Morgan fingerprint density at radius 1 is 1.32 bits per heavy atom. The van der Waals surface area contributed by atoms with Gasteiger partial charge in [0.1, 0.15) is 12.4 Å². The molecule has 2 aromatic heterocycles. The molecule has 0 aliphatic heterocycles. The van der Waals surface area contributed by atoms with Gasteiger partial charge in [-0.25, -0.2) is 4.98 Å². The van der Waals surface area contributed by atoms with Crippen molar-refractivity contribution in [3.8, 4) is 5.75 Å². The third-order valence-electron chi connectivity index (χ3n) is 2.94. The monoisotopic (exact) mass is 336 g/mol. The lowest BCUT2D eigenvalue weighted by Gasteiger charge is -2.09. The van der Waals surface area contributed by atoms with Crippen LogP contribution in [0.4, 0.5) is 0 Å². The van der Waals surface area contributed by atoms with Crippen LogP contribution >= 0.6 is 27.3 Å². The first-order valence-corrected chi connectivity index (χ1v) is 7.61. The lowest BCUT2D eigenvalue weighted by molar-refractivity contribution is 0.301. The summed E-state index contributed by atoms with van der Waals surface area (Å²) in [4.78, 5) is 5.50. The summed E-state index contributed by atoms with van der Waals surface area (Å²) in [5, 5.41) is 2.02. The van der Waals surface area contributed by atoms with E-state index >= 15 is 0 Å². The maximum absolute atomic E-state index is 5.82. The summed E-state index contributed by atoms with van der Waals surface area (Å²) < 4.78 is 8.97. The van der Waals surface area contributed by atoms with E-state index in [0.29, 0.717) is 6.61 Å². The SMILES string of the molecule is Cc1cc(OCc2cn3ccsc3n2)cc(C)c1Br. The highest BCUT2D eigenvalue weighted by molar-refractivity contribution is 9.10. The summed E-state index contributed by atoms with van der Waals surface area (Å²) in [5.74, 6) is 0.884. The van der Waals surface area contributed by atoms with Crippen LogP contribution in [0.1, 0.15) is 16.8 Å². The highest BCUT2D eigenvalue weighted by Gasteiger charge is 2.06. The summed E-state index contributed by atoms with van der Waals surface area (Å²) in [5.41, 5.74) is 3.31. The van der Waals surface area contributed by atoms with Crippen LogP contribution in [0.25, 0.3) is 4.96 Å². The summed E-state index contributed by atoms with van der Waals surface area (Å²) in [6.07, 6.45) is 4.01. The average Bonchev–Trinajstić information content (AvgIpc) is 2.93. The Hall–Kier alpha value is -1.33. The van der Waals surface area contributed by atoms with Gasteiger partial charge in [0, 0.05) is 22.2 Å². The molecule has 0 saturated heterocycles. The molecule has 5 heteroatoms.